The summed E-state index contributed by atoms with van der Waals surface area (Å²) < 4.78 is 9.79. The van der Waals surface area contributed by atoms with Gasteiger partial charge in [0, 0.05) is 47.7 Å². The number of aromatic nitrogens is 2. The molecule has 0 unspecified atom stereocenters. The molecule has 2 aromatic heterocycles. The van der Waals surface area contributed by atoms with E-state index in [1.54, 1.807) is 7.11 Å². The van der Waals surface area contributed by atoms with Crippen LogP contribution in [0.3, 0.4) is 0 Å². The molecule has 14 heteroatoms. The van der Waals surface area contributed by atoms with Crippen LogP contribution in [0.2, 0.25) is 0 Å². The monoisotopic (exact) mass is 717 g/mol. The zero-order valence-electron chi connectivity index (χ0n) is 30.3. The predicted octanol–water partition coefficient (Wildman–Crippen LogP) is 10.6. The van der Waals surface area contributed by atoms with Crippen molar-refractivity contribution in [3.8, 4) is 11.8 Å². The first-order valence-corrected chi connectivity index (χ1v) is 18.5. The Bertz CT molecular complexity index is 1840. The Morgan fingerprint density at radius 3 is 2.36 bits per heavy atom. The molecule has 2 aromatic carbocycles. The normalized spacial score (nSPS) is 12.6. The van der Waals surface area contributed by atoms with Crippen LogP contribution >= 0.6 is 22.9 Å². The van der Waals surface area contributed by atoms with Gasteiger partial charge < -0.3 is 14.5 Å². The summed E-state index contributed by atoms with van der Waals surface area (Å²) in [6, 6.07) is 10.3. The number of ether oxygens (including phenoxy) is 1. The first kappa shape index (κ1) is 38.5. The summed E-state index contributed by atoms with van der Waals surface area (Å²) in [4.78, 5) is 15.0. The quantitative estimate of drug-likeness (QED) is 0.0817. The molecule has 0 atom stereocenters. The summed E-state index contributed by atoms with van der Waals surface area (Å²) >= 11 is 2.71. The van der Waals surface area contributed by atoms with Gasteiger partial charge in [0.2, 0.25) is 5.82 Å². The van der Waals surface area contributed by atoms with Crippen molar-refractivity contribution in [2.24, 2.45) is 20.5 Å². The average Bonchev–Trinajstić information content (AvgIpc) is 3.66. The van der Waals surface area contributed by atoms with E-state index in [-0.39, 0.29) is 6.61 Å². The van der Waals surface area contributed by atoms with Gasteiger partial charge in [0.25, 0.3) is 0 Å². The highest BCUT2D eigenvalue weighted by Crippen LogP contribution is 2.38. The Hall–Kier alpha value is -4.29. The minimum Gasteiger partial charge on any atom is -0.495 e. The molecule has 3 heterocycles. The lowest BCUT2D eigenvalue weighted by Crippen LogP contribution is -2.29. The summed E-state index contributed by atoms with van der Waals surface area (Å²) in [5.41, 5.74) is 8.07. The van der Waals surface area contributed by atoms with Gasteiger partial charge in [-0.2, -0.15) is 9.64 Å². The van der Waals surface area contributed by atoms with Crippen LogP contribution in [0.25, 0.3) is 0 Å². The van der Waals surface area contributed by atoms with Gasteiger partial charge in [0.1, 0.15) is 29.0 Å². The number of methoxy groups -OCH3 is 1. The van der Waals surface area contributed by atoms with Crippen molar-refractivity contribution in [1.29, 1.82) is 5.26 Å². The Morgan fingerprint density at radius 1 is 0.980 bits per heavy atom. The second-order valence-electron chi connectivity index (χ2n) is 11.9. The van der Waals surface area contributed by atoms with Gasteiger partial charge in [-0.15, -0.1) is 31.8 Å². The molecule has 1 aliphatic heterocycles. The van der Waals surface area contributed by atoms with Gasteiger partial charge in [-0.3, -0.25) is 5.26 Å². The highest BCUT2D eigenvalue weighted by molar-refractivity contribution is 7.12. The lowest BCUT2D eigenvalue weighted by molar-refractivity contribution is -0.252. The third kappa shape index (κ3) is 9.28. The van der Waals surface area contributed by atoms with Gasteiger partial charge >= 0.3 is 0 Å². The number of hydrogen-bond donors (Lipinski definition) is 1. The zero-order valence-corrected chi connectivity index (χ0v) is 31.9. The summed E-state index contributed by atoms with van der Waals surface area (Å²) in [7, 11) is 1.67. The molecule has 1 aliphatic rings. The Labute approximate surface area is 303 Å². The third-order valence-electron chi connectivity index (χ3n) is 8.41. The molecule has 0 radical (unpaired) electrons. The molecule has 0 aliphatic carbocycles. The standard InChI is InChI=1S/C19H25N5OS.C17H22N4O2S/c1-6-8-24(9-7-2)17-10-13(3)16(11-18(17)25-5)21-22-19-15(12-20)14(4)26-23-19;1-4-21-9-5-6-13-11(2)14(7-8-15(13)21)19-20-17-12(3)24-16(18-17)10-23-22/h10-11H,6-9H2,1-5H3;7-8,22H,4-6,9-10H2,1-3H3. The molecule has 266 valence electrons. The lowest BCUT2D eigenvalue weighted by Gasteiger charge is -2.31. The highest BCUT2D eigenvalue weighted by atomic mass is 32.1. The fourth-order valence-corrected chi connectivity index (χ4v) is 7.18. The van der Waals surface area contributed by atoms with Crippen molar-refractivity contribution < 1.29 is 14.9 Å². The molecule has 4 aromatic rings. The van der Waals surface area contributed by atoms with Crippen molar-refractivity contribution in [3.63, 3.8) is 0 Å². The zero-order chi connectivity index (χ0) is 36.2. The second-order valence-corrected chi connectivity index (χ2v) is 14.2. The van der Waals surface area contributed by atoms with Gasteiger partial charge in [-0.25, -0.2) is 9.87 Å². The number of benzene rings is 2. The van der Waals surface area contributed by atoms with Crippen molar-refractivity contribution in [2.75, 3.05) is 43.1 Å². The Morgan fingerprint density at radius 2 is 1.70 bits per heavy atom. The Kier molecular flexibility index (Phi) is 14.4. The maximum atomic E-state index is 9.21. The van der Waals surface area contributed by atoms with Crippen LogP contribution in [0, 0.1) is 39.0 Å². The minimum atomic E-state index is 0.0752. The fraction of sp³-hybridized carbons (Fsp3) is 0.472. The summed E-state index contributed by atoms with van der Waals surface area (Å²) in [6.45, 7) is 18.6. The molecule has 5 rings (SSSR count). The number of rotatable bonds is 13. The van der Waals surface area contributed by atoms with Crippen LogP contribution in [0.15, 0.2) is 44.7 Å². The topological polar surface area (TPSA) is 144 Å². The predicted molar refractivity (Wildman–Crippen MR) is 202 cm³/mol. The first-order chi connectivity index (χ1) is 24.2. The minimum absolute atomic E-state index is 0.0752. The number of hydrogen-bond acceptors (Lipinski definition) is 14. The van der Waals surface area contributed by atoms with E-state index in [4.69, 9.17) is 9.99 Å². The number of thiazole rings is 1. The fourth-order valence-electron chi connectivity index (χ4n) is 5.83. The first-order valence-electron chi connectivity index (χ1n) is 16.9. The summed E-state index contributed by atoms with van der Waals surface area (Å²) in [5, 5.41) is 35.6. The van der Waals surface area contributed by atoms with Crippen LogP contribution in [0.5, 0.6) is 5.75 Å². The van der Waals surface area contributed by atoms with Crippen LogP contribution in [-0.2, 0) is 17.9 Å². The van der Waals surface area contributed by atoms with E-state index in [1.807, 2.05) is 32.9 Å². The van der Waals surface area contributed by atoms with E-state index in [9.17, 15) is 5.26 Å². The highest BCUT2D eigenvalue weighted by Gasteiger charge is 2.19. The van der Waals surface area contributed by atoms with E-state index < -0.39 is 0 Å². The SMILES string of the molecule is CCCN(CCC)c1cc(C)c(N=Nc2nsc(C)c2C#N)cc1OC.CCN1CCCc2c1ccc(N=Nc1nc(COO)sc1C)c2C. The smallest absolute Gasteiger partial charge is 0.205 e. The van der Waals surface area contributed by atoms with E-state index in [1.165, 1.54) is 46.1 Å². The molecule has 0 fully saturated rings. The van der Waals surface area contributed by atoms with Gasteiger partial charge in [-0.1, -0.05) is 13.8 Å². The molecule has 50 heavy (non-hydrogen) atoms. The molecule has 12 nitrogen and oxygen atoms in total. The summed E-state index contributed by atoms with van der Waals surface area (Å²) in [6.07, 6.45) is 4.42. The molecule has 0 saturated carbocycles. The van der Waals surface area contributed by atoms with Crippen molar-refractivity contribution in [2.45, 2.75) is 80.8 Å². The molecular weight excluding hydrogens is 671 g/mol. The number of anilines is 2. The van der Waals surface area contributed by atoms with Crippen LogP contribution in [0.4, 0.5) is 34.4 Å². The van der Waals surface area contributed by atoms with Crippen molar-refractivity contribution >= 4 is 57.3 Å². The number of aryl methyl sites for hydroxylation is 3. The summed E-state index contributed by atoms with van der Waals surface area (Å²) in [5.74, 6) is 1.73. The van der Waals surface area contributed by atoms with Gasteiger partial charge in [0.05, 0.1) is 24.2 Å². The van der Waals surface area contributed by atoms with Crippen LogP contribution < -0.4 is 14.5 Å². The number of azo groups is 2. The molecule has 0 amide bonds. The molecular formula is C36H47N9O3S2. The molecule has 0 saturated heterocycles. The number of fused-ring (bicyclic) bond motifs is 1. The molecule has 1 N–H and O–H groups in total. The molecule has 0 bridgehead atoms. The van der Waals surface area contributed by atoms with E-state index in [0.717, 1.165) is 77.9 Å². The van der Waals surface area contributed by atoms with E-state index in [2.05, 4.69) is 90.4 Å². The van der Waals surface area contributed by atoms with Crippen LogP contribution in [-0.4, -0.2) is 47.9 Å². The maximum absolute atomic E-state index is 9.21. The molecule has 0 spiro atoms. The Balaban J connectivity index is 0.000000225. The third-order valence-corrected chi connectivity index (χ3v) is 10.1. The number of nitriles is 1. The van der Waals surface area contributed by atoms with Gasteiger partial charge in [0.15, 0.2) is 5.82 Å². The van der Waals surface area contributed by atoms with E-state index >= 15 is 0 Å². The van der Waals surface area contributed by atoms with E-state index in [0.29, 0.717) is 27.9 Å². The van der Waals surface area contributed by atoms with Crippen molar-refractivity contribution in [3.05, 3.63) is 61.3 Å². The number of nitrogens with zero attached hydrogens (tertiary/aromatic N) is 9. The maximum Gasteiger partial charge on any atom is 0.205 e. The average molecular weight is 718 g/mol. The second kappa shape index (κ2) is 18.6. The largest absolute Gasteiger partial charge is 0.495 e. The lowest BCUT2D eigenvalue weighted by atomic mass is 9.96. The van der Waals surface area contributed by atoms with Crippen LogP contribution in [0.1, 0.15) is 77.0 Å². The van der Waals surface area contributed by atoms with Gasteiger partial charge in [-0.05, 0) is 107 Å². The van der Waals surface area contributed by atoms with Crippen molar-refractivity contribution in [1.82, 2.24) is 9.36 Å².